The number of amides is 2. The van der Waals surface area contributed by atoms with Crippen molar-refractivity contribution in [2.75, 3.05) is 6.61 Å². The van der Waals surface area contributed by atoms with Gasteiger partial charge in [-0.25, -0.2) is 4.79 Å². The highest BCUT2D eigenvalue weighted by Gasteiger charge is 2.21. The van der Waals surface area contributed by atoms with Crippen LogP contribution in [0.1, 0.15) is 30.6 Å². The van der Waals surface area contributed by atoms with Gasteiger partial charge in [-0.05, 0) is 36.6 Å². The van der Waals surface area contributed by atoms with Gasteiger partial charge < -0.3 is 20.9 Å². The van der Waals surface area contributed by atoms with E-state index in [0.29, 0.717) is 17.7 Å². The number of nitrogens with two attached hydrogens (primary N) is 1. The third kappa shape index (κ3) is 5.82. The summed E-state index contributed by atoms with van der Waals surface area (Å²) in [6, 6.07) is 5.04. The molecule has 0 aliphatic carbocycles. The molecule has 120 valence electrons. The molecule has 0 spiro atoms. The average Bonchev–Trinajstić information content (AvgIpc) is 2.44. The van der Waals surface area contributed by atoms with Crippen molar-refractivity contribution in [3.63, 3.8) is 0 Å². The van der Waals surface area contributed by atoms with Crippen LogP contribution in [-0.4, -0.2) is 35.5 Å². The number of carbonyl (C=O) groups excluding carboxylic acids is 2. The molecule has 7 heteroatoms. The van der Waals surface area contributed by atoms with Crippen LogP contribution in [0.25, 0.3) is 0 Å². The highest BCUT2D eigenvalue weighted by Crippen LogP contribution is 2.11. The Kier molecular flexibility index (Phi) is 6.37. The number of carboxylic acid groups (broad SMARTS) is 1. The minimum Gasteiger partial charge on any atom is -0.484 e. The molecule has 1 atom stereocenters. The second-order valence-electron chi connectivity index (χ2n) is 5.27. The van der Waals surface area contributed by atoms with Crippen molar-refractivity contribution in [2.24, 2.45) is 11.7 Å². The van der Waals surface area contributed by atoms with Crippen LogP contribution in [0.4, 0.5) is 0 Å². The molecular weight excluding hydrogens is 288 g/mol. The number of aliphatic carboxylic acids is 1. The van der Waals surface area contributed by atoms with Crippen LogP contribution in [0.3, 0.4) is 0 Å². The quantitative estimate of drug-likeness (QED) is 0.655. The topological polar surface area (TPSA) is 119 Å². The standard InChI is InChI=1S/C15H20N2O5/c1-9(2)7-12(15(20)21)17-13(18)8-22-11-5-3-10(4-6-11)14(16)19/h3-6,9,12H,7-8H2,1-2H3,(H2,16,19)(H,17,18)(H,20,21). The maximum atomic E-state index is 11.7. The van der Waals surface area contributed by atoms with Gasteiger partial charge >= 0.3 is 5.97 Å². The van der Waals surface area contributed by atoms with Gasteiger partial charge in [0.25, 0.3) is 5.91 Å². The Bertz CT molecular complexity index is 539. The summed E-state index contributed by atoms with van der Waals surface area (Å²) in [5, 5.41) is 11.4. The van der Waals surface area contributed by atoms with Crippen molar-refractivity contribution in [3.05, 3.63) is 29.8 Å². The number of benzene rings is 1. The first kappa shape index (κ1) is 17.5. The van der Waals surface area contributed by atoms with Crippen LogP contribution in [0.2, 0.25) is 0 Å². The van der Waals surface area contributed by atoms with E-state index in [2.05, 4.69) is 5.32 Å². The van der Waals surface area contributed by atoms with Crippen LogP contribution in [0.5, 0.6) is 5.75 Å². The molecule has 0 saturated heterocycles. The summed E-state index contributed by atoms with van der Waals surface area (Å²) < 4.78 is 5.23. The molecule has 0 heterocycles. The predicted molar refractivity (Wildman–Crippen MR) is 79.5 cm³/mol. The lowest BCUT2D eigenvalue weighted by Gasteiger charge is -2.16. The van der Waals surface area contributed by atoms with Crippen molar-refractivity contribution in [2.45, 2.75) is 26.3 Å². The summed E-state index contributed by atoms with van der Waals surface area (Å²) in [7, 11) is 0. The molecular formula is C15H20N2O5. The van der Waals surface area contributed by atoms with Crippen molar-refractivity contribution in [3.8, 4) is 5.75 Å². The molecule has 0 aromatic heterocycles. The lowest BCUT2D eigenvalue weighted by atomic mass is 10.0. The summed E-state index contributed by atoms with van der Waals surface area (Å²) in [4.78, 5) is 33.7. The third-order valence-corrected chi connectivity index (χ3v) is 2.85. The number of carboxylic acids is 1. The number of hydrogen-bond acceptors (Lipinski definition) is 4. The molecule has 0 aliphatic rings. The second-order valence-corrected chi connectivity index (χ2v) is 5.27. The molecule has 0 aliphatic heterocycles. The molecule has 22 heavy (non-hydrogen) atoms. The van der Waals surface area contributed by atoms with E-state index < -0.39 is 23.8 Å². The van der Waals surface area contributed by atoms with E-state index in [1.807, 2.05) is 13.8 Å². The summed E-state index contributed by atoms with van der Waals surface area (Å²) >= 11 is 0. The van der Waals surface area contributed by atoms with Crippen LogP contribution < -0.4 is 15.8 Å². The van der Waals surface area contributed by atoms with Crippen molar-refractivity contribution < 1.29 is 24.2 Å². The molecule has 2 amide bonds. The maximum absolute atomic E-state index is 11.7. The average molecular weight is 308 g/mol. The van der Waals surface area contributed by atoms with E-state index in [-0.39, 0.29) is 12.5 Å². The van der Waals surface area contributed by atoms with Crippen LogP contribution in [-0.2, 0) is 9.59 Å². The predicted octanol–water partition coefficient (Wildman–Crippen LogP) is 0.780. The number of hydrogen-bond donors (Lipinski definition) is 3. The zero-order valence-corrected chi connectivity index (χ0v) is 12.5. The van der Waals surface area contributed by atoms with Gasteiger partial charge in [-0.3, -0.25) is 9.59 Å². The zero-order chi connectivity index (χ0) is 16.7. The van der Waals surface area contributed by atoms with E-state index in [1.165, 1.54) is 24.3 Å². The summed E-state index contributed by atoms with van der Waals surface area (Å²) in [5.41, 5.74) is 5.44. The fourth-order valence-electron chi connectivity index (χ4n) is 1.79. The SMILES string of the molecule is CC(C)CC(NC(=O)COc1ccc(C(N)=O)cc1)C(=O)O. The van der Waals surface area contributed by atoms with Gasteiger partial charge in [0, 0.05) is 5.56 Å². The maximum Gasteiger partial charge on any atom is 0.326 e. The fraction of sp³-hybridized carbons (Fsp3) is 0.400. The lowest BCUT2D eigenvalue weighted by Crippen LogP contribution is -2.43. The third-order valence-electron chi connectivity index (χ3n) is 2.85. The van der Waals surface area contributed by atoms with Gasteiger partial charge in [-0.1, -0.05) is 13.8 Å². The number of ether oxygens (including phenoxy) is 1. The largest absolute Gasteiger partial charge is 0.484 e. The first-order chi connectivity index (χ1) is 10.3. The van der Waals surface area contributed by atoms with E-state index >= 15 is 0 Å². The molecule has 4 N–H and O–H groups in total. The highest BCUT2D eigenvalue weighted by atomic mass is 16.5. The number of primary amides is 1. The number of rotatable bonds is 8. The highest BCUT2D eigenvalue weighted by molar-refractivity contribution is 5.92. The number of carbonyl (C=O) groups is 3. The van der Waals surface area contributed by atoms with E-state index in [0.717, 1.165) is 0 Å². The Hall–Kier alpha value is -2.57. The van der Waals surface area contributed by atoms with Crippen molar-refractivity contribution in [1.82, 2.24) is 5.32 Å². The Balaban J connectivity index is 2.51. The molecule has 1 unspecified atom stereocenters. The Morgan fingerprint density at radius 3 is 2.27 bits per heavy atom. The van der Waals surface area contributed by atoms with Crippen LogP contribution in [0, 0.1) is 5.92 Å². The van der Waals surface area contributed by atoms with E-state index in [4.69, 9.17) is 15.6 Å². The second kappa shape index (κ2) is 8.02. The fourth-order valence-corrected chi connectivity index (χ4v) is 1.79. The molecule has 0 saturated carbocycles. The Morgan fingerprint density at radius 2 is 1.82 bits per heavy atom. The molecule has 0 fully saturated rings. The first-order valence-corrected chi connectivity index (χ1v) is 6.84. The minimum absolute atomic E-state index is 0.142. The van der Waals surface area contributed by atoms with Gasteiger partial charge in [-0.2, -0.15) is 0 Å². The van der Waals surface area contributed by atoms with Gasteiger partial charge in [0.05, 0.1) is 0 Å². The Morgan fingerprint density at radius 1 is 1.23 bits per heavy atom. The van der Waals surface area contributed by atoms with Crippen LogP contribution >= 0.6 is 0 Å². The summed E-state index contributed by atoms with van der Waals surface area (Å²) in [6.07, 6.45) is 0.342. The molecule has 0 bridgehead atoms. The molecule has 1 aromatic carbocycles. The molecule has 1 rings (SSSR count). The zero-order valence-electron chi connectivity index (χ0n) is 12.5. The summed E-state index contributed by atoms with van der Waals surface area (Å²) in [6.45, 7) is 3.44. The van der Waals surface area contributed by atoms with Gasteiger partial charge in [-0.15, -0.1) is 0 Å². The van der Waals surface area contributed by atoms with Crippen LogP contribution in [0.15, 0.2) is 24.3 Å². The van der Waals surface area contributed by atoms with Crippen molar-refractivity contribution in [1.29, 1.82) is 0 Å². The normalized spacial score (nSPS) is 11.8. The van der Waals surface area contributed by atoms with E-state index in [9.17, 15) is 14.4 Å². The lowest BCUT2D eigenvalue weighted by molar-refractivity contribution is -0.142. The summed E-state index contributed by atoms with van der Waals surface area (Å²) in [5.74, 6) is -1.62. The minimum atomic E-state index is -1.08. The van der Waals surface area contributed by atoms with Gasteiger partial charge in [0.2, 0.25) is 5.91 Å². The number of nitrogens with one attached hydrogen (secondary N) is 1. The smallest absolute Gasteiger partial charge is 0.326 e. The molecule has 7 nitrogen and oxygen atoms in total. The Labute approximate surface area is 128 Å². The van der Waals surface area contributed by atoms with Gasteiger partial charge in [0.15, 0.2) is 6.61 Å². The molecule has 1 aromatic rings. The first-order valence-electron chi connectivity index (χ1n) is 6.84. The van der Waals surface area contributed by atoms with Crippen molar-refractivity contribution >= 4 is 17.8 Å². The molecule has 0 radical (unpaired) electrons. The monoisotopic (exact) mass is 308 g/mol. The van der Waals surface area contributed by atoms with Gasteiger partial charge in [0.1, 0.15) is 11.8 Å². The van der Waals surface area contributed by atoms with E-state index in [1.54, 1.807) is 0 Å².